The van der Waals surface area contributed by atoms with Crippen LogP contribution in [0.2, 0.25) is 0 Å². The van der Waals surface area contributed by atoms with Gasteiger partial charge in [0, 0.05) is 19.6 Å². The molecule has 2 aromatic carbocycles. The Morgan fingerprint density at radius 1 is 1.07 bits per heavy atom. The van der Waals surface area contributed by atoms with E-state index in [1.165, 1.54) is 12.1 Å². The highest BCUT2D eigenvalue weighted by Crippen LogP contribution is 2.30. The lowest BCUT2D eigenvalue weighted by Gasteiger charge is -2.34. The Kier molecular flexibility index (Phi) is 8.23. The summed E-state index contributed by atoms with van der Waals surface area (Å²) in [5.41, 5.74) is 1.98. The van der Waals surface area contributed by atoms with E-state index in [1.807, 2.05) is 30.3 Å². The minimum absolute atomic E-state index is 0. The summed E-state index contributed by atoms with van der Waals surface area (Å²) in [5.74, 6) is -1.02. The van der Waals surface area contributed by atoms with E-state index in [0.29, 0.717) is 6.54 Å². The van der Waals surface area contributed by atoms with Crippen LogP contribution >= 0.6 is 12.4 Å². The van der Waals surface area contributed by atoms with Gasteiger partial charge in [0.2, 0.25) is 0 Å². The second kappa shape index (κ2) is 10.4. The normalized spacial score (nSPS) is 16.5. The average molecular weight is 394 g/mol. The summed E-state index contributed by atoms with van der Waals surface area (Å²) in [6.45, 7) is 2.26. The van der Waals surface area contributed by atoms with E-state index in [0.717, 1.165) is 37.1 Å². The first-order chi connectivity index (χ1) is 12.6. The van der Waals surface area contributed by atoms with Crippen molar-refractivity contribution in [3.05, 3.63) is 71.5 Å². The van der Waals surface area contributed by atoms with Crippen molar-refractivity contribution in [3.8, 4) is 0 Å². The van der Waals surface area contributed by atoms with Gasteiger partial charge in [-0.2, -0.15) is 0 Å². The number of carboxylic acid groups (broad SMARTS) is 1. The van der Waals surface area contributed by atoms with Crippen LogP contribution in [-0.2, 0) is 9.53 Å². The molecule has 27 heavy (non-hydrogen) atoms. The van der Waals surface area contributed by atoms with Gasteiger partial charge in [0.15, 0.2) is 0 Å². The van der Waals surface area contributed by atoms with Crippen LogP contribution in [-0.4, -0.2) is 41.7 Å². The van der Waals surface area contributed by atoms with E-state index in [1.54, 1.807) is 12.1 Å². The van der Waals surface area contributed by atoms with Crippen LogP contribution in [0.15, 0.2) is 54.6 Å². The van der Waals surface area contributed by atoms with Crippen molar-refractivity contribution in [2.75, 3.05) is 19.6 Å². The van der Waals surface area contributed by atoms with E-state index < -0.39 is 5.97 Å². The third-order valence-corrected chi connectivity index (χ3v) is 4.78. The zero-order chi connectivity index (χ0) is 18.4. The van der Waals surface area contributed by atoms with Gasteiger partial charge >= 0.3 is 5.97 Å². The summed E-state index contributed by atoms with van der Waals surface area (Å²) < 4.78 is 19.7. The lowest BCUT2D eigenvalue weighted by atomic mass is 10.00. The number of nitrogens with zero attached hydrogens (tertiary/aromatic N) is 1. The summed E-state index contributed by atoms with van der Waals surface area (Å²) in [7, 11) is 0. The predicted octanol–water partition coefficient (Wildman–Crippen LogP) is 4.29. The number of carboxylic acids is 1. The highest BCUT2D eigenvalue weighted by Gasteiger charge is 2.25. The minimum atomic E-state index is -0.760. The molecule has 1 unspecified atom stereocenters. The molecule has 2 aromatic rings. The van der Waals surface area contributed by atoms with Gasteiger partial charge in [-0.25, -0.2) is 4.39 Å². The number of carbonyl (C=O) groups is 1. The van der Waals surface area contributed by atoms with Gasteiger partial charge in [0.1, 0.15) is 11.9 Å². The quantitative estimate of drug-likeness (QED) is 0.762. The first kappa shape index (κ1) is 21.4. The molecule has 0 bridgehead atoms. The molecule has 0 aromatic heterocycles. The smallest absolute Gasteiger partial charge is 0.304 e. The van der Waals surface area contributed by atoms with Gasteiger partial charge in [0.05, 0.1) is 12.5 Å². The Hall–Kier alpha value is -1.95. The van der Waals surface area contributed by atoms with Gasteiger partial charge in [-0.15, -0.1) is 12.4 Å². The number of aliphatic carboxylic acids is 1. The minimum Gasteiger partial charge on any atom is -0.481 e. The Labute approximate surface area is 165 Å². The molecular formula is C21H25ClFNO3. The summed E-state index contributed by atoms with van der Waals surface area (Å²) in [6.07, 6.45) is 1.78. The highest BCUT2D eigenvalue weighted by atomic mass is 35.5. The van der Waals surface area contributed by atoms with Crippen molar-refractivity contribution >= 4 is 18.4 Å². The third-order valence-electron chi connectivity index (χ3n) is 4.78. The molecular weight excluding hydrogens is 369 g/mol. The summed E-state index contributed by atoms with van der Waals surface area (Å²) in [5, 5.41) is 8.81. The first-order valence-electron chi connectivity index (χ1n) is 9.02. The second-order valence-corrected chi connectivity index (χ2v) is 6.66. The van der Waals surface area contributed by atoms with E-state index in [-0.39, 0.29) is 36.9 Å². The van der Waals surface area contributed by atoms with Crippen molar-refractivity contribution < 1.29 is 19.0 Å². The lowest BCUT2D eigenvalue weighted by Crippen LogP contribution is -2.38. The SMILES string of the molecule is Cl.O=C(O)CCN1CCC(OC(c2ccccc2)c2ccc(F)cc2)CC1. The number of rotatable bonds is 7. The monoisotopic (exact) mass is 393 g/mol. The Morgan fingerprint density at radius 3 is 2.26 bits per heavy atom. The van der Waals surface area contributed by atoms with Crippen LogP contribution in [0.25, 0.3) is 0 Å². The molecule has 0 aliphatic carbocycles. The fraction of sp³-hybridized carbons (Fsp3) is 0.381. The van der Waals surface area contributed by atoms with Crippen molar-refractivity contribution in [1.29, 1.82) is 0 Å². The topological polar surface area (TPSA) is 49.8 Å². The standard InChI is InChI=1S/C21H24FNO3.ClH/c22-18-8-6-17(7-9-18)21(16-4-2-1-3-5-16)26-19-10-13-23(14-11-19)15-12-20(24)25;/h1-9,19,21H,10-15H2,(H,24,25);1H. The number of likely N-dealkylation sites (tertiary alicyclic amines) is 1. The lowest BCUT2D eigenvalue weighted by molar-refractivity contribution is -0.137. The number of hydrogen-bond donors (Lipinski definition) is 1. The number of benzene rings is 2. The fourth-order valence-electron chi connectivity index (χ4n) is 3.33. The third kappa shape index (κ3) is 6.31. The van der Waals surface area contributed by atoms with Crippen LogP contribution in [0.3, 0.4) is 0 Å². The van der Waals surface area contributed by atoms with E-state index in [9.17, 15) is 9.18 Å². The Balaban J connectivity index is 0.00000261. The van der Waals surface area contributed by atoms with Crippen molar-refractivity contribution in [1.82, 2.24) is 4.90 Å². The number of ether oxygens (including phenoxy) is 1. The van der Waals surface area contributed by atoms with Crippen LogP contribution in [0.4, 0.5) is 4.39 Å². The molecule has 1 heterocycles. The van der Waals surface area contributed by atoms with E-state index in [2.05, 4.69) is 4.90 Å². The van der Waals surface area contributed by atoms with Crippen molar-refractivity contribution in [2.24, 2.45) is 0 Å². The highest BCUT2D eigenvalue weighted by molar-refractivity contribution is 5.85. The molecule has 1 fully saturated rings. The molecule has 1 N–H and O–H groups in total. The molecule has 3 rings (SSSR count). The Bertz CT molecular complexity index is 703. The molecule has 146 valence electrons. The van der Waals surface area contributed by atoms with Gasteiger partial charge < -0.3 is 14.7 Å². The largest absolute Gasteiger partial charge is 0.481 e. The first-order valence-corrected chi connectivity index (χ1v) is 9.02. The maximum Gasteiger partial charge on any atom is 0.304 e. The number of halogens is 2. The maximum atomic E-state index is 13.3. The second-order valence-electron chi connectivity index (χ2n) is 6.66. The van der Waals surface area contributed by atoms with Crippen molar-refractivity contribution in [2.45, 2.75) is 31.5 Å². The van der Waals surface area contributed by atoms with Crippen LogP contribution in [0.1, 0.15) is 36.5 Å². The predicted molar refractivity (Wildman–Crippen MR) is 105 cm³/mol. The van der Waals surface area contributed by atoms with Crippen LogP contribution in [0, 0.1) is 5.82 Å². The molecule has 6 heteroatoms. The van der Waals surface area contributed by atoms with Crippen LogP contribution in [0.5, 0.6) is 0 Å². The maximum absolute atomic E-state index is 13.3. The zero-order valence-electron chi connectivity index (χ0n) is 15.1. The molecule has 1 saturated heterocycles. The summed E-state index contributed by atoms with van der Waals surface area (Å²) >= 11 is 0. The fourth-order valence-corrected chi connectivity index (χ4v) is 3.33. The zero-order valence-corrected chi connectivity index (χ0v) is 15.9. The van der Waals surface area contributed by atoms with E-state index >= 15 is 0 Å². The molecule has 1 aliphatic rings. The van der Waals surface area contributed by atoms with Crippen molar-refractivity contribution in [3.63, 3.8) is 0 Å². The van der Waals surface area contributed by atoms with Gasteiger partial charge in [-0.1, -0.05) is 42.5 Å². The number of piperidine rings is 1. The molecule has 1 aliphatic heterocycles. The van der Waals surface area contributed by atoms with Gasteiger partial charge in [0.25, 0.3) is 0 Å². The molecule has 0 radical (unpaired) electrons. The summed E-state index contributed by atoms with van der Waals surface area (Å²) in [4.78, 5) is 12.9. The molecule has 0 saturated carbocycles. The van der Waals surface area contributed by atoms with E-state index in [4.69, 9.17) is 9.84 Å². The molecule has 4 nitrogen and oxygen atoms in total. The summed E-state index contributed by atoms with van der Waals surface area (Å²) in [6, 6.07) is 16.4. The number of hydrogen-bond acceptors (Lipinski definition) is 3. The molecule has 0 spiro atoms. The Morgan fingerprint density at radius 2 is 1.67 bits per heavy atom. The molecule has 0 amide bonds. The van der Waals surface area contributed by atoms with Crippen LogP contribution < -0.4 is 0 Å². The van der Waals surface area contributed by atoms with Gasteiger partial charge in [-0.05, 0) is 36.1 Å². The van der Waals surface area contributed by atoms with Gasteiger partial charge in [-0.3, -0.25) is 4.79 Å². The molecule has 1 atom stereocenters. The average Bonchev–Trinajstić information content (AvgIpc) is 2.67.